The van der Waals surface area contributed by atoms with E-state index in [1.54, 1.807) is 0 Å². The van der Waals surface area contributed by atoms with Gasteiger partial charge in [0.1, 0.15) is 0 Å². The highest BCUT2D eigenvalue weighted by Crippen LogP contribution is 2.20. The number of unbranched alkanes of at least 4 members (excludes halogenated alkanes) is 1. The second kappa shape index (κ2) is 3.89. The topological polar surface area (TPSA) is 27.6 Å². The van der Waals surface area contributed by atoms with Crippen LogP contribution >= 0.6 is 0 Å². The third-order valence-electron chi connectivity index (χ3n) is 1.43. The summed E-state index contributed by atoms with van der Waals surface area (Å²) in [6, 6.07) is 0. The zero-order valence-corrected chi connectivity index (χ0v) is 7.04. The number of quaternary nitrogens is 1. The summed E-state index contributed by atoms with van der Waals surface area (Å²) in [5, 5.41) is 0. The van der Waals surface area contributed by atoms with E-state index >= 15 is 0 Å². The maximum Gasteiger partial charge on any atom is 0.0739 e. The molecule has 0 saturated heterocycles. The van der Waals surface area contributed by atoms with Gasteiger partial charge in [-0.15, -0.1) is 0 Å². The fraction of sp³-hybridized carbons (Fsp3) is 1.00. The molecule has 0 rings (SSSR count). The lowest BCUT2D eigenvalue weighted by molar-refractivity contribution is -0.368. The molecule has 0 aliphatic carbocycles. The molecule has 0 heterocycles. The largest absolute Gasteiger partial charge is 0.358 e. The van der Waals surface area contributed by atoms with Gasteiger partial charge in [0.15, 0.2) is 0 Å². The lowest BCUT2D eigenvalue weighted by Gasteiger charge is -2.16. The first-order chi connectivity index (χ1) is 4.06. The van der Waals surface area contributed by atoms with Crippen molar-refractivity contribution in [1.29, 1.82) is 0 Å². The molecule has 0 fully saturated rings. The molecular formula is C8H20N+. The maximum atomic E-state index is 3.81. The minimum absolute atomic E-state index is 0.523. The van der Waals surface area contributed by atoms with Gasteiger partial charge in [0, 0.05) is 0 Å². The molecule has 56 valence electrons. The minimum Gasteiger partial charge on any atom is -0.358 e. The van der Waals surface area contributed by atoms with E-state index in [1.807, 2.05) is 0 Å². The van der Waals surface area contributed by atoms with Crippen molar-refractivity contribution in [3.63, 3.8) is 0 Å². The molecule has 0 aromatic carbocycles. The number of rotatable bonds is 3. The van der Waals surface area contributed by atoms with E-state index in [-0.39, 0.29) is 0 Å². The van der Waals surface area contributed by atoms with Gasteiger partial charge in [-0.05, 0) is 24.7 Å². The predicted octanol–water partition coefficient (Wildman–Crippen LogP) is 1.44. The SMILES string of the molecule is CC(C)(C)CCCC[NH3+]. The van der Waals surface area contributed by atoms with E-state index in [9.17, 15) is 0 Å². The summed E-state index contributed by atoms with van der Waals surface area (Å²) in [5.74, 6) is 0. The monoisotopic (exact) mass is 130 g/mol. The minimum atomic E-state index is 0.523. The Morgan fingerprint density at radius 2 is 1.67 bits per heavy atom. The summed E-state index contributed by atoms with van der Waals surface area (Å²) in [7, 11) is 0. The molecule has 0 saturated carbocycles. The van der Waals surface area contributed by atoms with Crippen LogP contribution in [0.2, 0.25) is 0 Å². The quantitative estimate of drug-likeness (QED) is 0.560. The second-order valence-electron chi connectivity index (χ2n) is 3.87. The van der Waals surface area contributed by atoms with Crippen LogP contribution in [0.25, 0.3) is 0 Å². The van der Waals surface area contributed by atoms with Gasteiger partial charge >= 0.3 is 0 Å². The Hall–Kier alpha value is -0.0400. The lowest BCUT2D eigenvalue weighted by atomic mass is 9.90. The van der Waals surface area contributed by atoms with Crippen LogP contribution in [-0.4, -0.2) is 6.54 Å². The highest BCUT2D eigenvalue weighted by atomic mass is 14.5. The van der Waals surface area contributed by atoms with E-state index < -0.39 is 0 Å². The van der Waals surface area contributed by atoms with Gasteiger partial charge in [0.2, 0.25) is 0 Å². The van der Waals surface area contributed by atoms with Crippen molar-refractivity contribution in [1.82, 2.24) is 0 Å². The van der Waals surface area contributed by atoms with Crippen LogP contribution in [0.1, 0.15) is 40.0 Å². The standard InChI is InChI=1S/C8H19N/c1-8(2,3)6-4-5-7-9/h4-7,9H2,1-3H3/p+1. The zero-order chi connectivity index (χ0) is 7.33. The molecule has 0 aliphatic rings. The molecule has 0 unspecified atom stereocenters. The van der Waals surface area contributed by atoms with Crippen LogP contribution in [0.5, 0.6) is 0 Å². The van der Waals surface area contributed by atoms with E-state index in [2.05, 4.69) is 26.5 Å². The molecule has 1 nitrogen and oxygen atoms in total. The molecule has 0 aromatic rings. The Morgan fingerprint density at radius 1 is 1.11 bits per heavy atom. The molecule has 3 N–H and O–H groups in total. The van der Waals surface area contributed by atoms with Crippen LogP contribution in [0, 0.1) is 5.41 Å². The van der Waals surface area contributed by atoms with E-state index in [4.69, 9.17) is 0 Å². The first-order valence-electron chi connectivity index (χ1n) is 3.85. The van der Waals surface area contributed by atoms with Gasteiger partial charge in [-0.1, -0.05) is 20.8 Å². The molecule has 0 amide bonds. The Balaban J connectivity index is 3.07. The maximum absolute atomic E-state index is 3.81. The van der Waals surface area contributed by atoms with Crippen molar-refractivity contribution in [3.05, 3.63) is 0 Å². The zero-order valence-electron chi connectivity index (χ0n) is 7.04. The normalized spacial score (nSPS) is 12.0. The molecule has 0 spiro atoms. The van der Waals surface area contributed by atoms with E-state index in [1.165, 1.54) is 19.3 Å². The fourth-order valence-corrected chi connectivity index (χ4v) is 0.832. The van der Waals surface area contributed by atoms with Gasteiger partial charge in [-0.2, -0.15) is 0 Å². The highest BCUT2D eigenvalue weighted by molar-refractivity contribution is 4.60. The Morgan fingerprint density at radius 3 is 2.00 bits per heavy atom. The van der Waals surface area contributed by atoms with E-state index in [0.29, 0.717) is 5.41 Å². The Bertz CT molecular complexity index is 61.5. The van der Waals surface area contributed by atoms with Crippen LogP contribution in [-0.2, 0) is 0 Å². The highest BCUT2D eigenvalue weighted by Gasteiger charge is 2.08. The fourth-order valence-electron chi connectivity index (χ4n) is 0.832. The number of hydrogen-bond donors (Lipinski definition) is 1. The molecule has 0 radical (unpaired) electrons. The van der Waals surface area contributed by atoms with Gasteiger partial charge in [-0.25, -0.2) is 0 Å². The van der Waals surface area contributed by atoms with Crippen molar-refractivity contribution >= 4 is 0 Å². The first-order valence-corrected chi connectivity index (χ1v) is 3.85. The molecule has 0 bridgehead atoms. The third-order valence-corrected chi connectivity index (χ3v) is 1.43. The van der Waals surface area contributed by atoms with Crippen LogP contribution in [0.15, 0.2) is 0 Å². The molecule has 0 aliphatic heterocycles. The van der Waals surface area contributed by atoms with Crippen LogP contribution in [0.3, 0.4) is 0 Å². The van der Waals surface area contributed by atoms with Crippen molar-refractivity contribution < 1.29 is 5.73 Å². The van der Waals surface area contributed by atoms with Crippen molar-refractivity contribution in [2.45, 2.75) is 40.0 Å². The molecule has 0 aromatic heterocycles. The third kappa shape index (κ3) is 7.96. The first kappa shape index (κ1) is 8.96. The van der Waals surface area contributed by atoms with Crippen molar-refractivity contribution in [2.24, 2.45) is 5.41 Å². The summed E-state index contributed by atoms with van der Waals surface area (Å²) in [5.41, 5.74) is 4.33. The molecule has 9 heavy (non-hydrogen) atoms. The molecule has 1 heteroatoms. The van der Waals surface area contributed by atoms with E-state index in [0.717, 1.165) is 6.54 Å². The van der Waals surface area contributed by atoms with Crippen molar-refractivity contribution in [3.8, 4) is 0 Å². The van der Waals surface area contributed by atoms with Crippen molar-refractivity contribution in [2.75, 3.05) is 6.54 Å². The van der Waals surface area contributed by atoms with Crippen LogP contribution in [0.4, 0.5) is 0 Å². The molecular weight excluding hydrogens is 110 g/mol. The Kier molecular flexibility index (Phi) is 3.87. The summed E-state index contributed by atoms with van der Waals surface area (Å²) >= 11 is 0. The number of hydrogen-bond acceptors (Lipinski definition) is 0. The average Bonchev–Trinajstić information content (AvgIpc) is 1.63. The second-order valence-corrected chi connectivity index (χ2v) is 3.87. The smallest absolute Gasteiger partial charge is 0.0739 e. The Labute approximate surface area is 58.6 Å². The van der Waals surface area contributed by atoms with Gasteiger partial charge in [0.25, 0.3) is 0 Å². The molecule has 0 atom stereocenters. The van der Waals surface area contributed by atoms with Crippen LogP contribution < -0.4 is 5.73 Å². The summed E-state index contributed by atoms with van der Waals surface area (Å²) < 4.78 is 0. The van der Waals surface area contributed by atoms with Gasteiger partial charge < -0.3 is 5.73 Å². The van der Waals surface area contributed by atoms with Gasteiger partial charge in [-0.3, -0.25) is 0 Å². The summed E-state index contributed by atoms with van der Waals surface area (Å²) in [4.78, 5) is 0. The summed E-state index contributed by atoms with van der Waals surface area (Å²) in [6.07, 6.45) is 3.97. The predicted molar refractivity (Wildman–Crippen MR) is 41.1 cm³/mol. The average molecular weight is 130 g/mol. The summed E-state index contributed by atoms with van der Waals surface area (Å²) in [6.45, 7) is 7.96. The van der Waals surface area contributed by atoms with Gasteiger partial charge in [0.05, 0.1) is 6.54 Å². The lowest BCUT2D eigenvalue weighted by Crippen LogP contribution is -2.50.